The zero-order chi connectivity index (χ0) is 24.0. The first kappa shape index (κ1) is 22.4. The molecule has 5 rings (SSSR count). The van der Waals surface area contributed by atoms with Gasteiger partial charge in [0.2, 0.25) is 17.6 Å². The monoisotopic (exact) mass is 463 g/mol. The number of fused-ring (bicyclic) bond motifs is 2. The highest BCUT2D eigenvalue weighted by Crippen LogP contribution is 2.38. The lowest BCUT2D eigenvalue weighted by Crippen LogP contribution is -2.56. The van der Waals surface area contributed by atoms with Gasteiger partial charge in [0.25, 0.3) is 0 Å². The average molecular weight is 464 g/mol. The number of carbonyl (C=O) groups excluding carboxylic acids is 2. The molecular formula is C23H29N9O2. The number of benzene rings is 1. The molecule has 4 unspecified atom stereocenters. The molecule has 2 aromatic rings. The zero-order valence-electron chi connectivity index (χ0n) is 19.3. The summed E-state index contributed by atoms with van der Waals surface area (Å²) in [4.78, 5) is 31.8. The third kappa shape index (κ3) is 3.82. The molecule has 11 nitrogen and oxygen atoms in total. The van der Waals surface area contributed by atoms with Crippen LogP contribution in [-0.2, 0) is 9.59 Å². The second kappa shape index (κ2) is 8.77. The second-order valence-corrected chi connectivity index (χ2v) is 9.72. The lowest BCUT2D eigenvalue weighted by molar-refractivity contribution is -0.141. The molecule has 2 bridgehead atoms. The van der Waals surface area contributed by atoms with E-state index in [1.54, 1.807) is 4.90 Å². The Hall–Kier alpha value is -3.36. The van der Waals surface area contributed by atoms with Gasteiger partial charge in [-0.3, -0.25) is 14.5 Å². The van der Waals surface area contributed by atoms with Crippen LogP contribution in [-0.4, -0.2) is 90.9 Å². The van der Waals surface area contributed by atoms with E-state index in [9.17, 15) is 14.9 Å². The maximum atomic E-state index is 13.3. The summed E-state index contributed by atoms with van der Waals surface area (Å²) in [5.74, 6) is 0.705. The maximum Gasteiger partial charge on any atom is 0.241 e. The molecule has 6 atom stereocenters. The summed E-state index contributed by atoms with van der Waals surface area (Å²) in [6.07, 6.45) is 1.43. The molecule has 34 heavy (non-hydrogen) atoms. The van der Waals surface area contributed by atoms with E-state index in [0.29, 0.717) is 37.8 Å². The number of likely N-dealkylation sites (tertiary alicyclic amines) is 3. The third-order valence-electron chi connectivity index (χ3n) is 7.42. The normalized spacial score (nSPS) is 28.4. The highest BCUT2D eigenvalue weighted by molar-refractivity contribution is 5.87. The van der Waals surface area contributed by atoms with E-state index in [0.717, 1.165) is 17.5 Å². The number of nitrogens with zero attached hydrogens (tertiary/aromatic N) is 7. The number of nitrogens with two attached hydrogens (primary N) is 1. The van der Waals surface area contributed by atoms with Gasteiger partial charge in [0.05, 0.1) is 24.2 Å². The fraction of sp³-hybridized carbons (Fsp3) is 0.565. The van der Waals surface area contributed by atoms with Crippen LogP contribution in [0.1, 0.15) is 38.3 Å². The molecule has 0 radical (unpaired) electrons. The summed E-state index contributed by atoms with van der Waals surface area (Å²) < 4.78 is 0. The number of tetrazole rings is 1. The first-order chi connectivity index (χ1) is 16.4. The largest absolute Gasteiger partial charge is 0.330 e. The number of nitriles is 1. The topological polar surface area (TPSA) is 148 Å². The number of H-pyrrole nitrogens is 1. The van der Waals surface area contributed by atoms with Gasteiger partial charge < -0.3 is 15.5 Å². The van der Waals surface area contributed by atoms with Crippen LogP contribution < -0.4 is 5.73 Å². The quantitative estimate of drug-likeness (QED) is 0.621. The molecule has 3 saturated heterocycles. The predicted octanol–water partition coefficient (Wildman–Crippen LogP) is 0.301. The molecule has 4 heterocycles. The summed E-state index contributed by atoms with van der Waals surface area (Å²) in [5.41, 5.74) is 8.17. The minimum atomic E-state index is -0.739. The van der Waals surface area contributed by atoms with Gasteiger partial charge >= 0.3 is 0 Å². The second-order valence-electron chi connectivity index (χ2n) is 9.72. The Bertz CT molecular complexity index is 1100. The van der Waals surface area contributed by atoms with Crippen molar-refractivity contribution < 1.29 is 9.59 Å². The standard InChI is InChI=1S/C23H29N9O2/c1-13-7-17(9-24)31(10-13)22(33)19(25)12-30-11-18-8-20(30)23(34)32(18)14(2)15-3-5-16(6-4-15)21-26-28-29-27-21/h3-6,13-14,17-20H,7-8,10-12,25H2,1-2H3,(H,26,27,28,29)/t13?,14-,17?,18-,19?,20?/m0/s1. The molecule has 0 saturated carbocycles. The number of piperazine rings is 1. The minimum Gasteiger partial charge on any atom is -0.330 e. The van der Waals surface area contributed by atoms with E-state index in [4.69, 9.17) is 5.73 Å². The van der Waals surface area contributed by atoms with Crippen molar-refractivity contribution in [3.05, 3.63) is 29.8 Å². The van der Waals surface area contributed by atoms with Crippen molar-refractivity contribution in [2.24, 2.45) is 11.7 Å². The van der Waals surface area contributed by atoms with Crippen molar-refractivity contribution in [3.8, 4) is 17.5 Å². The Morgan fingerprint density at radius 2 is 2.06 bits per heavy atom. The summed E-state index contributed by atoms with van der Waals surface area (Å²) in [6.45, 7) is 5.66. The number of rotatable bonds is 6. The number of aromatic amines is 1. The van der Waals surface area contributed by atoms with Gasteiger partial charge in [-0.05, 0) is 36.5 Å². The highest BCUT2D eigenvalue weighted by Gasteiger charge is 2.51. The maximum absolute atomic E-state index is 13.3. The van der Waals surface area contributed by atoms with Crippen molar-refractivity contribution >= 4 is 11.8 Å². The summed E-state index contributed by atoms with van der Waals surface area (Å²) >= 11 is 0. The Labute approximate surface area is 197 Å². The molecule has 3 aliphatic rings. The smallest absolute Gasteiger partial charge is 0.241 e. The van der Waals surface area contributed by atoms with Crippen LogP contribution >= 0.6 is 0 Å². The molecule has 3 aliphatic heterocycles. The fourth-order valence-corrected chi connectivity index (χ4v) is 5.71. The first-order valence-electron chi connectivity index (χ1n) is 11.7. The lowest BCUT2D eigenvalue weighted by Gasteiger charge is -2.38. The number of carbonyl (C=O) groups is 2. The number of nitrogens with one attached hydrogen (secondary N) is 1. The highest BCUT2D eigenvalue weighted by atomic mass is 16.2. The van der Waals surface area contributed by atoms with Crippen LogP contribution in [0.15, 0.2) is 24.3 Å². The molecule has 1 aromatic heterocycles. The van der Waals surface area contributed by atoms with Gasteiger partial charge in [-0.25, -0.2) is 0 Å². The van der Waals surface area contributed by atoms with Crippen LogP contribution in [0.4, 0.5) is 0 Å². The molecule has 11 heteroatoms. The van der Waals surface area contributed by atoms with E-state index in [-0.39, 0.29) is 29.9 Å². The number of amides is 2. The van der Waals surface area contributed by atoms with Gasteiger partial charge in [-0.2, -0.15) is 10.5 Å². The van der Waals surface area contributed by atoms with E-state index in [2.05, 4.69) is 26.7 Å². The van der Waals surface area contributed by atoms with Crippen LogP contribution in [0.25, 0.3) is 11.4 Å². The minimum absolute atomic E-state index is 0.0678. The van der Waals surface area contributed by atoms with Crippen molar-refractivity contribution in [3.63, 3.8) is 0 Å². The molecular weight excluding hydrogens is 434 g/mol. The van der Waals surface area contributed by atoms with Crippen LogP contribution in [0.3, 0.4) is 0 Å². The number of aromatic nitrogens is 4. The Kier molecular flexibility index (Phi) is 5.79. The van der Waals surface area contributed by atoms with Crippen molar-refractivity contribution in [2.45, 2.75) is 56.9 Å². The van der Waals surface area contributed by atoms with E-state index in [1.807, 2.05) is 47.9 Å². The van der Waals surface area contributed by atoms with Gasteiger partial charge in [-0.1, -0.05) is 31.2 Å². The van der Waals surface area contributed by atoms with E-state index >= 15 is 0 Å². The summed E-state index contributed by atoms with van der Waals surface area (Å²) in [6, 6.07) is 8.68. The molecule has 0 spiro atoms. The van der Waals surface area contributed by atoms with E-state index in [1.165, 1.54) is 0 Å². The number of hydrogen-bond donors (Lipinski definition) is 2. The fourth-order valence-electron chi connectivity index (χ4n) is 5.71. The van der Waals surface area contributed by atoms with Crippen molar-refractivity contribution in [2.75, 3.05) is 19.6 Å². The molecule has 1 aromatic carbocycles. The number of hydrogen-bond acceptors (Lipinski definition) is 8. The van der Waals surface area contributed by atoms with Gasteiger partial charge in [0.1, 0.15) is 6.04 Å². The van der Waals surface area contributed by atoms with Gasteiger partial charge in [-0.15, -0.1) is 10.2 Å². The van der Waals surface area contributed by atoms with Gasteiger partial charge in [0.15, 0.2) is 0 Å². The molecule has 3 fully saturated rings. The summed E-state index contributed by atoms with van der Waals surface area (Å²) in [7, 11) is 0. The van der Waals surface area contributed by atoms with E-state index < -0.39 is 12.1 Å². The zero-order valence-corrected chi connectivity index (χ0v) is 19.3. The Balaban J connectivity index is 1.21. The SMILES string of the molecule is CC1CC(C#N)N(C(=O)C(N)CN2C[C@@H]3CC2C(=O)N3[C@@H](C)c2ccc(-c3nn[nH]n3)cc2)C1. The first-order valence-corrected chi connectivity index (χ1v) is 11.7. The molecule has 3 N–H and O–H groups in total. The van der Waals surface area contributed by atoms with Crippen LogP contribution in [0.2, 0.25) is 0 Å². The Morgan fingerprint density at radius 1 is 1.29 bits per heavy atom. The van der Waals surface area contributed by atoms with Crippen molar-refractivity contribution in [1.29, 1.82) is 5.26 Å². The molecule has 178 valence electrons. The molecule has 0 aliphatic carbocycles. The average Bonchev–Trinajstić information content (AvgIpc) is 3.62. The third-order valence-corrected chi connectivity index (χ3v) is 7.42. The predicted molar refractivity (Wildman–Crippen MR) is 122 cm³/mol. The lowest BCUT2D eigenvalue weighted by atomic mass is 10.0. The Morgan fingerprint density at radius 3 is 2.71 bits per heavy atom. The van der Waals surface area contributed by atoms with Crippen molar-refractivity contribution in [1.82, 2.24) is 35.3 Å². The molecule has 2 amide bonds. The van der Waals surface area contributed by atoms with Crippen LogP contribution in [0, 0.1) is 17.2 Å². The van der Waals surface area contributed by atoms with Gasteiger partial charge in [0, 0.05) is 31.2 Å². The summed E-state index contributed by atoms with van der Waals surface area (Å²) in [5, 5.41) is 23.4. The van der Waals surface area contributed by atoms with Crippen LogP contribution in [0.5, 0.6) is 0 Å².